The van der Waals surface area contributed by atoms with Crippen LogP contribution in [0.1, 0.15) is 0 Å². The fourth-order valence-corrected chi connectivity index (χ4v) is 1.68. The lowest BCUT2D eigenvalue weighted by Gasteiger charge is -2.19. The van der Waals surface area contributed by atoms with Gasteiger partial charge in [-0.15, -0.1) is 0 Å². The average Bonchev–Trinajstić information content (AvgIpc) is 2.45. The van der Waals surface area contributed by atoms with E-state index in [1.165, 1.54) is 0 Å². The Morgan fingerprint density at radius 1 is 0.938 bits per heavy atom. The molecule has 0 aromatic heterocycles. The molecule has 1 aromatic carbocycles. The molecule has 0 saturated carbocycles. The van der Waals surface area contributed by atoms with Gasteiger partial charge in [-0.05, 0) is 12.1 Å². The van der Waals surface area contributed by atoms with Crippen molar-refractivity contribution in [3.8, 4) is 5.75 Å². The van der Waals surface area contributed by atoms with E-state index in [0.717, 1.165) is 38.5 Å². The first kappa shape index (κ1) is 11.4. The fraction of sp³-hybridized carbons (Fsp3) is 0.500. The molecule has 3 N–H and O–H groups in total. The summed E-state index contributed by atoms with van der Waals surface area (Å²) in [5.41, 5.74) is 0. The molecular formula is C12H19N3O. The standard InChI is InChI=1S/C12H19N3O/c1-2-4-11(5-3-1)16-12-10-14-7-6-13-8-9-15-12/h1-5,12-15H,6-10H2. The Balaban J connectivity index is 1.86. The third-order valence-electron chi connectivity index (χ3n) is 2.50. The van der Waals surface area contributed by atoms with Crippen LogP contribution in [0.25, 0.3) is 0 Å². The number of hydrogen-bond donors (Lipinski definition) is 3. The molecule has 4 heteroatoms. The SMILES string of the molecule is c1ccc(OC2CNCCNCCN2)cc1. The summed E-state index contributed by atoms with van der Waals surface area (Å²) in [6, 6.07) is 9.92. The lowest BCUT2D eigenvalue weighted by Crippen LogP contribution is -2.43. The van der Waals surface area contributed by atoms with Gasteiger partial charge in [0.1, 0.15) is 5.75 Å². The molecule has 1 fully saturated rings. The highest BCUT2D eigenvalue weighted by atomic mass is 16.5. The maximum Gasteiger partial charge on any atom is 0.162 e. The molecule has 1 unspecified atom stereocenters. The minimum Gasteiger partial charge on any atom is -0.474 e. The number of ether oxygens (including phenoxy) is 1. The summed E-state index contributed by atoms with van der Waals surface area (Å²) in [6.45, 7) is 4.74. The third-order valence-corrected chi connectivity index (χ3v) is 2.50. The van der Waals surface area contributed by atoms with Crippen LogP contribution in [0, 0.1) is 0 Å². The van der Waals surface area contributed by atoms with Gasteiger partial charge < -0.3 is 15.4 Å². The smallest absolute Gasteiger partial charge is 0.162 e. The molecular weight excluding hydrogens is 202 g/mol. The maximum absolute atomic E-state index is 5.84. The van der Waals surface area contributed by atoms with E-state index < -0.39 is 0 Å². The Bertz CT molecular complexity index is 282. The molecule has 0 spiro atoms. The molecule has 1 saturated heterocycles. The van der Waals surface area contributed by atoms with E-state index in [1.54, 1.807) is 0 Å². The lowest BCUT2D eigenvalue weighted by atomic mass is 10.3. The summed E-state index contributed by atoms with van der Waals surface area (Å²) in [4.78, 5) is 0. The van der Waals surface area contributed by atoms with Crippen molar-refractivity contribution in [3.05, 3.63) is 30.3 Å². The Hall–Kier alpha value is -1.10. The van der Waals surface area contributed by atoms with Crippen LogP contribution in [-0.2, 0) is 0 Å². The molecule has 2 rings (SSSR count). The normalized spacial score (nSPS) is 22.9. The number of benzene rings is 1. The molecule has 1 aliphatic heterocycles. The Kier molecular flexibility index (Phi) is 4.61. The quantitative estimate of drug-likeness (QED) is 0.666. The second-order valence-electron chi connectivity index (χ2n) is 3.83. The number of rotatable bonds is 2. The van der Waals surface area contributed by atoms with Gasteiger partial charge in [0.05, 0.1) is 0 Å². The van der Waals surface area contributed by atoms with Crippen LogP contribution in [0.4, 0.5) is 0 Å². The van der Waals surface area contributed by atoms with Crippen molar-refractivity contribution in [2.45, 2.75) is 6.23 Å². The minimum absolute atomic E-state index is 0.0438. The van der Waals surface area contributed by atoms with Crippen LogP contribution in [-0.4, -0.2) is 39.0 Å². The highest BCUT2D eigenvalue weighted by Gasteiger charge is 2.09. The maximum atomic E-state index is 5.84. The van der Waals surface area contributed by atoms with E-state index in [2.05, 4.69) is 16.0 Å². The number of para-hydroxylation sites is 1. The second-order valence-corrected chi connectivity index (χ2v) is 3.83. The van der Waals surface area contributed by atoms with E-state index in [4.69, 9.17) is 4.74 Å². The Morgan fingerprint density at radius 3 is 2.56 bits per heavy atom. The van der Waals surface area contributed by atoms with Crippen LogP contribution < -0.4 is 20.7 Å². The van der Waals surface area contributed by atoms with Gasteiger partial charge in [-0.3, -0.25) is 5.32 Å². The van der Waals surface area contributed by atoms with Crippen molar-refractivity contribution in [1.82, 2.24) is 16.0 Å². The molecule has 0 amide bonds. The molecule has 16 heavy (non-hydrogen) atoms. The van der Waals surface area contributed by atoms with Gasteiger partial charge in [0.2, 0.25) is 0 Å². The van der Waals surface area contributed by atoms with Gasteiger partial charge >= 0.3 is 0 Å². The summed E-state index contributed by atoms with van der Waals surface area (Å²) in [7, 11) is 0. The highest BCUT2D eigenvalue weighted by Crippen LogP contribution is 2.09. The first-order chi connectivity index (χ1) is 7.95. The van der Waals surface area contributed by atoms with Gasteiger partial charge in [0.25, 0.3) is 0 Å². The van der Waals surface area contributed by atoms with Crippen LogP contribution in [0.15, 0.2) is 30.3 Å². The average molecular weight is 221 g/mol. The minimum atomic E-state index is 0.0438. The first-order valence-corrected chi connectivity index (χ1v) is 5.82. The van der Waals surface area contributed by atoms with E-state index in [0.29, 0.717) is 0 Å². The molecule has 1 aliphatic rings. The van der Waals surface area contributed by atoms with E-state index >= 15 is 0 Å². The van der Waals surface area contributed by atoms with Crippen molar-refractivity contribution < 1.29 is 4.74 Å². The van der Waals surface area contributed by atoms with Crippen molar-refractivity contribution in [1.29, 1.82) is 0 Å². The lowest BCUT2D eigenvalue weighted by molar-refractivity contribution is 0.164. The second kappa shape index (κ2) is 6.48. The van der Waals surface area contributed by atoms with E-state index in [-0.39, 0.29) is 6.23 Å². The van der Waals surface area contributed by atoms with E-state index in [9.17, 15) is 0 Å². The van der Waals surface area contributed by atoms with Gasteiger partial charge in [0.15, 0.2) is 6.23 Å². The monoisotopic (exact) mass is 221 g/mol. The summed E-state index contributed by atoms with van der Waals surface area (Å²) in [5.74, 6) is 0.911. The van der Waals surface area contributed by atoms with Gasteiger partial charge in [-0.25, -0.2) is 0 Å². The fourth-order valence-electron chi connectivity index (χ4n) is 1.68. The zero-order valence-electron chi connectivity index (χ0n) is 9.41. The number of hydrogen-bond acceptors (Lipinski definition) is 4. The van der Waals surface area contributed by atoms with E-state index in [1.807, 2.05) is 30.3 Å². The molecule has 4 nitrogen and oxygen atoms in total. The van der Waals surface area contributed by atoms with Crippen LogP contribution >= 0.6 is 0 Å². The first-order valence-electron chi connectivity index (χ1n) is 5.82. The summed E-state index contributed by atoms with van der Waals surface area (Å²) < 4.78 is 5.84. The van der Waals surface area contributed by atoms with Crippen molar-refractivity contribution >= 4 is 0 Å². The van der Waals surface area contributed by atoms with Crippen LogP contribution in [0.5, 0.6) is 5.75 Å². The number of nitrogens with one attached hydrogen (secondary N) is 3. The molecule has 0 bridgehead atoms. The summed E-state index contributed by atoms with van der Waals surface area (Å²) in [6.07, 6.45) is 0.0438. The predicted octanol–water partition coefficient (Wildman–Crippen LogP) is 0.174. The van der Waals surface area contributed by atoms with Crippen molar-refractivity contribution in [3.63, 3.8) is 0 Å². The zero-order valence-corrected chi connectivity index (χ0v) is 9.41. The molecule has 0 radical (unpaired) electrons. The molecule has 1 heterocycles. The molecule has 1 aromatic rings. The summed E-state index contributed by atoms with van der Waals surface area (Å²) >= 11 is 0. The predicted molar refractivity (Wildman–Crippen MR) is 64.6 cm³/mol. The molecule has 88 valence electrons. The van der Waals surface area contributed by atoms with Gasteiger partial charge in [-0.1, -0.05) is 18.2 Å². The van der Waals surface area contributed by atoms with Crippen molar-refractivity contribution in [2.75, 3.05) is 32.7 Å². The largest absolute Gasteiger partial charge is 0.474 e. The summed E-state index contributed by atoms with van der Waals surface area (Å²) in [5, 5.41) is 10.0. The van der Waals surface area contributed by atoms with Crippen molar-refractivity contribution in [2.24, 2.45) is 0 Å². The highest BCUT2D eigenvalue weighted by molar-refractivity contribution is 5.21. The molecule has 1 atom stereocenters. The zero-order chi connectivity index (χ0) is 11.1. The third kappa shape index (κ3) is 3.81. The Morgan fingerprint density at radius 2 is 1.69 bits per heavy atom. The topological polar surface area (TPSA) is 45.3 Å². The molecule has 0 aliphatic carbocycles. The van der Waals surface area contributed by atoms with Crippen LogP contribution in [0.3, 0.4) is 0 Å². The Labute approximate surface area is 96.4 Å². The van der Waals surface area contributed by atoms with Gasteiger partial charge in [-0.2, -0.15) is 0 Å². The van der Waals surface area contributed by atoms with Crippen LogP contribution in [0.2, 0.25) is 0 Å². The van der Waals surface area contributed by atoms with Gasteiger partial charge in [0, 0.05) is 32.7 Å².